The molecule has 1 aromatic carbocycles. The van der Waals surface area contributed by atoms with Crippen molar-refractivity contribution in [2.45, 2.75) is 0 Å². The van der Waals surface area contributed by atoms with Gasteiger partial charge in [-0.3, -0.25) is 0 Å². The molecule has 0 unspecified atom stereocenters. The number of benzene rings is 1. The fourth-order valence-electron chi connectivity index (χ4n) is 3.68. The average Bonchev–Trinajstić information content (AvgIpc) is 3.52. The SMILES string of the molecule is O=P1(c2ccccc2)c2cc(-c3cccs3)sc2-c2sc(-c3cccs3)cc21. The lowest BCUT2D eigenvalue weighted by molar-refractivity contribution is 0.593. The van der Waals surface area contributed by atoms with Crippen molar-refractivity contribution in [1.29, 1.82) is 0 Å². The van der Waals surface area contributed by atoms with Crippen LogP contribution >= 0.6 is 52.5 Å². The minimum atomic E-state index is -2.83. The van der Waals surface area contributed by atoms with Gasteiger partial charge in [-0.2, -0.15) is 0 Å². The summed E-state index contributed by atoms with van der Waals surface area (Å²) in [6.45, 7) is 0. The maximum absolute atomic E-state index is 14.6. The molecule has 4 aromatic heterocycles. The first-order chi connectivity index (χ1) is 13.7. The zero-order chi connectivity index (χ0) is 18.7. The summed E-state index contributed by atoms with van der Waals surface area (Å²) in [6, 6.07) is 22.8. The number of hydrogen-bond acceptors (Lipinski definition) is 5. The van der Waals surface area contributed by atoms with E-state index < -0.39 is 7.14 Å². The van der Waals surface area contributed by atoms with E-state index in [2.05, 4.69) is 47.2 Å². The summed E-state index contributed by atoms with van der Waals surface area (Å²) in [6.07, 6.45) is 0. The van der Waals surface area contributed by atoms with Gasteiger partial charge in [0, 0.05) is 35.4 Å². The van der Waals surface area contributed by atoms with Crippen molar-refractivity contribution in [2.75, 3.05) is 0 Å². The van der Waals surface area contributed by atoms with Crippen molar-refractivity contribution in [1.82, 2.24) is 0 Å². The second-order valence-electron chi connectivity index (χ2n) is 6.55. The topological polar surface area (TPSA) is 17.1 Å². The highest BCUT2D eigenvalue weighted by atomic mass is 32.1. The smallest absolute Gasteiger partial charge is 0.174 e. The Kier molecular flexibility index (Phi) is 3.90. The maximum Gasteiger partial charge on any atom is 0.174 e. The molecule has 6 heteroatoms. The van der Waals surface area contributed by atoms with Gasteiger partial charge in [0.25, 0.3) is 0 Å². The van der Waals surface area contributed by atoms with Gasteiger partial charge in [-0.05, 0) is 35.0 Å². The quantitative estimate of drug-likeness (QED) is 0.267. The van der Waals surface area contributed by atoms with Crippen molar-refractivity contribution in [3.63, 3.8) is 0 Å². The van der Waals surface area contributed by atoms with Crippen LogP contribution in [0.4, 0.5) is 0 Å². The molecule has 1 aliphatic rings. The molecule has 0 N–H and O–H groups in total. The monoisotopic (exact) mass is 452 g/mol. The molecule has 0 saturated heterocycles. The highest BCUT2D eigenvalue weighted by Crippen LogP contribution is 2.58. The third-order valence-electron chi connectivity index (χ3n) is 4.96. The van der Waals surface area contributed by atoms with Gasteiger partial charge in [0.1, 0.15) is 0 Å². The van der Waals surface area contributed by atoms with Crippen LogP contribution in [0.1, 0.15) is 0 Å². The summed E-state index contributed by atoms with van der Waals surface area (Å²) in [5.41, 5.74) is 0. The van der Waals surface area contributed by atoms with E-state index in [1.807, 2.05) is 30.3 Å². The number of thiophene rings is 4. The van der Waals surface area contributed by atoms with E-state index in [9.17, 15) is 4.57 Å². The summed E-state index contributed by atoms with van der Waals surface area (Å²) in [7, 11) is -2.83. The number of hydrogen-bond donors (Lipinski definition) is 0. The van der Waals surface area contributed by atoms with Crippen LogP contribution in [-0.2, 0) is 4.57 Å². The van der Waals surface area contributed by atoms with Gasteiger partial charge >= 0.3 is 0 Å². The van der Waals surface area contributed by atoms with E-state index in [1.165, 1.54) is 29.3 Å². The van der Waals surface area contributed by atoms with Crippen LogP contribution in [0.15, 0.2) is 77.5 Å². The predicted octanol–water partition coefficient (Wildman–Crippen LogP) is 6.89. The number of fused-ring (bicyclic) bond motifs is 3. The standard InChI is InChI=1S/C22H13OPS4/c23-24(14-6-2-1-3-7-14)15-12-19(17-8-4-10-25-17)27-21(15)22-16(24)13-20(28-22)18-9-5-11-26-18/h1-13H. The van der Waals surface area contributed by atoms with Crippen molar-refractivity contribution in [3.8, 4) is 29.3 Å². The van der Waals surface area contributed by atoms with E-state index >= 15 is 0 Å². The summed E-state index contributed by atoms with van der Waals surface area (Å²) in [4.78, 5) is 7.31. The third-order valence-corrected chi connectivity index (χ3v) is 12.9. The second-order valence-corrected chi connectivity index (χ2v) is 13.2. The number of rotatable bonds is 3. The predicted molar refractivity (Wildman–Crippen MR) is 127 cm³/mol. The summed E-state index contributed by atoms with van der Waals surface area (Å²) < 4.78 is 14.6. The molecule has 5 heterocycles. The molecule has 6 rings (SSSR count). The molecule has 0 aliphatic carbocycles. The first-order valence-electron chi connectivity index (χ1n) is 8.78. The molecular weight excluding hydrogens is 439 g/mol. The Bertz CT molecular complexity index is 1240. The zero-order valence-corrected chi connectivity index (χ0v) is 18.7. The molecule has 28 heavy (non-hydrogen) atoms. The molecular formula is C22H13OPS4. The lowest BCUT2D eigenvalue weighted by Crippen LogP contribution is -2.19. The van der Waals surface area contributed by atoms with Crippen LogP contribution in [0.3, 0.4) is 0 Å². The van der Waals surface area contributed by atoms with Crippen molar-refractivity contribution in [3.05, 3.63) is 77.5 Å². The Morgan fingerprint density at radius 1 is 0.607 bits per heavy atom. The highest BCUT2D eigenvalue weighted by Gasteiger charge is 2.43. The Morgan fingerprint density at radius 3 is 1.61 bits per heavy atom. The molecule has 0 amide bonds. The van der Waals surface area contributed by atoms with Crippen molar-refractivity contribution >= 4 is 68.4 Å². The lowest BCUT2D eigenvalue weighted by Gasteiger charge is -2.13. The van der Waals surface area contributed by atoms with Gasteiger partial charge in [-0.15, -0.1) is 45.3 Å². The van der Waals surface area contributed by atoms with Gasteiger partial charge in [0.05, 0.1) is 9.75 Å². The van der Waals surface area contributed by atoms with Gasteiger partial charge in [-0.1, -0.05) is 42.5 Å². The molecule has 1 aliphatic heterocycles. The summed E-state index contributed by atoms with van der Waals surface area (Å²) in [5.74, 6) is 0. The van der Waals surface area contributed by atoms with Crippen molar-refractivity contribution < 1.29 is 4.57 Å². The second kappa shape index (κ2) is 6.38. The maximum atomic E-state index is 14.6. The Hall–Kier alpha value is -1.75. The zero-order valence-electron chi connectivity index (χ0n) is 14.5. The van der Waals surface area contributed by atoms with Crippen LogP contribution in [0.2, 0.25) is 0 Å². The lowest BCUT2D eigenvalue weighted by atomic mass is 10.3. The first-order valence-corrected chi connectivity index (χ1v) is 13.9. The van der Waals surface area contributed by atoms with Crippen LogP contribution in [0.5, 0.6) is 0 Å². The van der Waals surface area contributed by atoms with E-state index in [4.69, 9.17) is 0 Å². The molecule has 1 nitrogen and oxygen atoms in total. The van der Waals surface area contributed by atoms with Crippen molar-refractivity contribution in [2.24, 2.45) is 0 Å². The molecule has 0 atom stereocenters. The van der Waals surface area contributed by atoms with Gasteiger partial charge in [0.15, 0.2) is 7.14 Å². The Balaban J connectivity index is 1.64. The molecule has 0 spiro atoms. The molecule has 0 radical (unpaired) electrons. The largest absolute Gasteiger partial charge is 0.309 e. The minimum absolute atomic E-state index is 0.932. The van der Waals surface area contributed by atoms with Crippen LogP contribution in [0, 0.1) is 0 Å². The Morgan fingerprint density at radius 2 is 1.14 bits per heavy atom. The fraction of sp³-hybridized carbons (Fsp3) is 0. The minimum Gasteiger partial charge on any atom is -0.309 e. The molecule has 0 fully saturated rings. The molecule has 136 valence electrons. The van der Waals surface area contributed by atoms with Crippen LogP contribution in [-0.4, -0.2) is 0 Å². The van der Waals surface area contributed by atoms with Gasteiger partial charge in [0.2, 0.25) is 0 Å². The Labute approximate surface area is 179 Å². The van der Waals surface area contributed by atoms with E-state index in [0.29, 0.717) is 0 Å². The molecule has 0 saturated carbocycles. The summed E-state index contributed by atoms with van der Waals surface area (Å²) in [5, 5.41) is 7.17. The summed E-state index contributed by atoms with van der Waals surface area (Å²) >= 11 is 7.04. The molecule has 5 aromatic rings. The van der Waals surface area contributed by atoms with Crippen LogP contribution in [0.25, 0.3) is 29.3 Å². The average molecular weight is 453 g/mol. The van der Waals surface area contributed by atoms with E-state index in [1.54, 1.807) is 45.3 Å². The molecule has 0 bridgehead atoms. The highest BCUT2D eigenvalue weighted by molar-refractivity contribution is 7.87. The first kappa shape index (κ1) is 17.1. The normalized spacial score (nSPS) is 14.1. The van der Waals surface area contributed by atoms with E-state index in [-0.39, 0.29) is 0 Å². The van der Waals surface area contributed by atoms with Crippen LogP contribution < -0.4 is 15.9 Å². The van der Waals surface area contributed by atoms with Gasteiger partial charge < -0.3 is 4.57 Å². The fourth-order valence-corrected chi connectivity index (χ4v) is 11.8. The third kappa shape index (κ3) is 2.38. The van der Waals surface area contributed by atoms with E-state index in [0.717, 1.165) is 15.9 Å². The van der Waals surface area contributed by atoms with Gasteiger partial charge in [-0.25, -0.2) is 0 Å².